The van der Waals surface area contributed by atoms with Gasteiger partial charge in [-0.15, -0.1) is 10.2 Å². The van der Waals surface area contributed by atoms with Crippen molar-refractivity contribution in [3.8, 4) is 11.5 Å². The van der Waals surface area contributed by atoms with Crippen LogP contribution >= 0.6 is 11.8 Å². The molecular weight excluding hydrogens is 390 g/mol. The zero-order valence-corrected chi connectivity index (χ0v) is 16.2. The molecule has 0 unspecified atom stereocenters. The molecule has 1 aromatic carbocycles. The third-order valence-corrected chi connectivity index (χ3v) is 7.54. The van der Waals surface area contributed by atoms with Gasteiger partial charge >= 0.3 is 5.97 Å². The van der Waals surface area contributed by atoms with E-state index in [4.69, 9.17) is 9.15 Å². The van der Waals surface area contributed by atoms with Crippen molar-refractivity contribution in [3.63, 3.8) is 0 Å². The molecule has 1 atom stereocenters. The van der Waals surface area contributed by atoms with Crippen LogP contribution in [0.15, 0.2) is 38.8 Å². The van der Waals surface area contributed by atoms with Crippen LogP contribution in [-0.2, 0) is 19.6 Å². The number of hydrogen-bond acceptors (Lipinski definition) is 8. The summed E-state index contributed by atoms with van der Waals surface area (Å²) in [4.78, 5) is 11.8. The average Bonchev–Trinajstić information content (AvgIpc) is 3.32. The van der Waals surface area contributed by atoms with Gasteiger partial charge in [0.1, 0.15) is 5.25 Å². The van der Waals surface area contributed by atoms with Crippen LogP contribution in [0.25, 0.3) is 11.5 Å². The first-order chi connectivity index (χ1) is 13.0. The van der Waals surface area contributed by atoms with Crippen molar-refractivity contribution in [2.45, 2.75) is 41.1 Å². The van der Waals surface area contributed by atoms with E-state index in [0.717, 1.165) is 19.3 Å². The third kappa shape index (κ3) is 3.87. The Balaban J connectivity index is 1.55. The number of cyclic esters (lactones) is 1. The van der Waals surface area contributed by atoms with E-state index in [1.807, 2.05) is 0 Å². The maximum absolute atomic E-state index is 12.8. The minimum absolute atomic E-state index is 0.216. The summed E-state index contributed by atoms with van der Waals surface area (Å²) in [7, 11) is -3.53. The highest BCUT2D eigenvalue weighted by Gasteiger charge is 2.30. The first-order valence-electron chi connectivity index (χ1n) is 8.81. The van der Waals surface area contributed by atoms with Crippen molar-refractivity contribution in [1.29, 1.82) is 0 Å². The van der Waals surface area contributed by atoms with Gasteiger partial charge in [-0.3, -0.25) is 4.79 Å². The molecule has 0 radical (unpaired) electrons. The number of ether oxygens (including phenoxy) is 1. The van der Waals surface area contributed by atoms with E-state index in [2.05, 4.69) is 10.2 Å². The van der Waals surface area contributed by atoms with E-state index in [1.165, 1.54) is 16.1 Å². The molecule has 0 N–H and O–H groups in total. The highest BCUT2D eigenvalue weighted by molar-refractivity contribution is 8.00. The molecule has 2 aliphatic heterocycles. The summed E-state index contributed by atoms with van der Waals surface area (Å²) in [6.45, 7) is 1.49. The molecule has 8 nitrogen and oxygen atoms in total. The smallest absolute Gasteiger partial charge is 0.319 e. The Labute approximate surface area is 161 Å². The fraction of sp³-hybridized carbons (Fsp3) is 0.471. The second-order valence-electron chi connectivity index (χ2n) is 6.43. The number of hydrogen-bond donors (Lipinski definition) is 0. The second kappa shape index (κ2) is 7.61. The van der Waals surface area contributed by atoms with Crippen molar-refractivity contribution >= 4 is 27.8 Å². The molecule has 144 valence electrons. The standard InChI is InChI=1S/C17H19N3O5S2/c21-16-14(7-10-24-16)26-17-19-18-15(25-17)12-5-4-6-13(11-12)27(22,23)20-8-2-1-3-9-20/h4-6,11,14H,1-3,7-10H2/t14-/m0/s1. The molecule has 27 heavy (non-hydrogen) atoms. The van der Waals surface area contributed by atoms with Gasteiger partial charge in [-0.25, -0.2) is 8.42 Å². The summed E-state index contributed by atoms with van der Waals surface area (Å²) in [6.07, 6.45) is 3.42. The minimum Gasteiger partial charge on any atom is -0.465 e. The molecule has 0 saturated carbocycles. The topological polar surface area (TPSA) is 103 Å². The van der Waals surface area contributed by atoms with E-state index in [0.29, 0.717) is 31.7 Å². The van der Waals surface area contributed by atoms with Crippen molar-refractivity contribution in [3.05, 3.63) is 24.3 Å². The lowest BCUT2D eigenvalue weighted by molar-refractivity contribution is -0.137. The van der Waals surface area contributed by atoms with Gasteiger partial charge < -0.3 is 9.15 Å². The number of piperidine rings is 1. The first-order valence-corrected chi connectivity index (χ1v) is 11.1. The molecular formula is C17H19N3O5S2. The molecule has 1 aromatic heterocycles. The molecule has 3 heterocycles. The number of benzene rings is 1. The summed E-state index contributed by atoms with van der Waals surface area (Å²) in [6, 6.07) is 6.52. The molecule has 0 aliphatic carbocycles. The van der Waals surface area contributed by atoms with Crippen molar-refractivity contribution in [2.24, 2.45) is 0 Å². The largest absolute Gasteiger partial charge is 0.465 e. The van der Waals surface area contributed by atoms with Crippen LogP contribution in [0.5, 0.6) is 0 Å². The second-order valence-corrected chi connectivity index (χ2v) is 9.52. The van der Waals surface area contributed by atoms with Crippen LogP contribution in [0.1, 0.15) is 25.7 Å². The molecule has 2 aliphatic rings. The SMILES string of the molecule is O=C1OCC[C@@H]1Sc1nnc(-c2cccc(S(=O)(=O)N3CCCCC3)c2)o1. The predicted octanol–water partition coefficient (Wildman–Crippen LogP) is 2.32. The first kappa shape index (κ1) is 18.5. The number of rotatable bonds is 5. The molecule has 2 saturated heterocycles. The summed E-state index contributed by atoms with van der Waals surface area (Å²) in [5.74, 6) is -0.0612. The van der Waals surface area contributed by atoms with Crippen LogP contribution in [0, 0.1) is 0 Å². The number of sulfonamides is 1. The van der Waals surface area contributed by atoms with Crippen LogP contribution < -0.4 is 0 Å². The highest BCUT2D eigenvalue weighted by Crippen LogP contribution is 2.31. The lowest BCUT2D eigenvalue weighted by Crippen LogP contribution is -2.35. The van der Waals surface area contributed by atoms with E-state index in [-0.39, 0.29) is 27.2 Å². The molecule has 2 fully saturated rings. The Morgan fingerprint density at radius 3 is 2.70 bits per heavy atom. The fourth-order valence-electron chi connectivity index (χ4n) is 3.12. The molecule has 4 rings (SSSR count). The van der Waals surface area contributed by atoms with Crippen molar-refractivity contribution in [2.75, 3.05) is 19.7 Å². The molecule has 10 heteroatoms. The van der Waals surface area contributed by atoms with E-state index < -0.39 is 10.0 Å². The van der Waals surface area contributed by atoms with Gasteiger partial charge in [0, 0.05) is 25.1 Å². The summed E-state index contributed by atoms with van der Waals surface area (Å²) >= 11 is 1.17. The summed E-state index contributed by atoms with van der Waals surface area (Å²) in [5, 5.41) is 7.86. The van der Waals surface area contributed by atoms with Crippen LogP contribution in [-0.4, -0.2) is 53.8 Å². The maximum atomic E-state index is 12.8. The minimum atomic E-state index is -3.53. The van der Waals surface area contributed by atoms with E-state index in [9.17, 15) is 13.2 Å². The van der Waals surface area contributed by atoms with Crippen LogP contribution in [0.3, 0.4) is 0 Å². The third-order valence-electron chi connectivity index (χ3n) is 4.57. The summed E-state index contributed by atoms with van der Waals surface area (Å²) in [5.41, 5.74) is 0.529. The van der Waals surface area contributed by atoms with Crippen molar-refractivity contribution in [1.82, 2.24) is 14.5 Å². The molecule has 0 amide bonds. The average molecular weight is 409 g/mol. The molecule has 2 aromatic rings. The number of aromatic nitrogens is 2. The number of carbonyl (C=O) groups is 1. The number of nitrogens with zero attached hydrogens (tertiary/aromatic N) is 3. The molecule has 0 bridgehead atoms. The monoisotopic (exact) mass is 409 g/mol. The van der Waals surface area contributed by atoms with Gasteiger partial charge in [0.15, 0.2) is 0 Å². The lowest BCUT2D eigenvalue weighted by atomic mass is 10.2. The zero-order valence-electron chi connectivity index (χ0n) is 14.5. The lowest BCUT2D eigenvalue weighted by Gasteiger charge is -2.25. The normalized spacial score (nSPS) is 21.3. The van der Waals surface area contributed by atoms with Gasteiger partial charge in [-0.2, -0.15) is 4.31 Å². The number of carbonyl (C=O) groups excluding carboxylic acids is 1. The van der Waals surface area contributed by atoms with Gasteiger partial charge in [-0.1, -0.05) is 12.5 Å². The van der Waals surface area contributed by atoms with Crippen LogP contribution in [0.2, 0.25) is 0 Å². The van der Waals surface area contributed by atoms with Gasteiger partial charge in [0.25, 0.3) is 5.22 Å². The Morgan fingerprint density at radius 2 is 1.96 bits per heavy atom. The van der Waals surface area contributed by atoms with Gasteiger partial charge in [-0.05, 0) is 42.8 Å². The Morgan fingerprint density at radius 1 is 1.15 bits per heavy atom. The van der Waals surface area contributed by atoms with E-state index >= 15 is 0 Å². The predicted molar refractivity (Wildman–Crippen MR) is 97.6 cm³/mol. The Bertz CT molecular complexity index is 938. The highest BCUT2D eigenvalue weighted by atomic mass is 32.2. The zero-order chi connectivity index (χ0) is 18.9. The maximum Gasteiger partial charge on any atom is 0.319 e. The van der Waals surface area contributed by atoms with Gasteiger partial charge in [0.2, 0.25) is 15.9 Å². The molecule has 0 spiro atoms. The Hall–Kier alpha value is -1.91. The number of esters is 1. The number of thioether (sulfide) groups is 1. The Kier molecular flexibility index (Phi) is 5.20. The van der Waals surface area contributed by atoms with Crippen molar-refractivity contribution < 1.29 is 22.4 Å². The fourth-order valence-corrected chi connectivity index (χ4v) is 5.52. The van der Waals surface area contributed by atoms with Crippen LogP contribution in [0.4, 0.5) is 0 Å². The van der Waals surface area contributed by atoms with E-state index in [1.54, 1.807) is 24.3 Å². The summed E-state index contributed by atoms with van der Waals surface area (Å²) < 4.78 is 37.8. The quantitative estimate of drug-likeness (QED) is 0.693. The van der Waals surface area contributed by atoms with Gasteiger partial charge in [0.05, 0.1) is 11.5 Å².